The molecule has 1 unspecified atom stereocenters. The smallest absolute Gasteiger partial charge is 0.263 e. The molecule has 1 aromatic rings. The third kappa shape index (κ3) is 4.12. The van der Waals surface area contributed by atoms with Crippen LogP contribution in [0.3, 0.4) is 0 Å². The molecular formula is C16H19ClN2O2. The van der Waals surface area contributed by atoms with E-state index in [2.05, 4.69) is 0 Å². The van der Waals surface area contributed by atoms with E-state index in [0.29, 0.717) is 16.3 Å². The van der Waals surface area contributed by atoms with Gasteiger partial charge in [-0.25, -0.2) is 0 Å². The normalized spacial score (nSPS) is 16.7. The minimum Gasteiger partial charge on any atom is -0.479 e. The zero-order valence-corrected chi connectivity index (χ0v) is 12.9. The predicted octanol–water partition coefficient (Wildman–Crippen LogP) is 3.38. The van der Waals surface area contributed by atoms with Crippen LogP contribution in [0.25, 0.3) is 0 Å². The molecule has 0 aromatic heterocycles. The Hall–Kier alpha value is -1.73. The van der Waals surface area contributed by atoms with Gasteiger partial charge in [0.15, 0.2) is 6.10 Å². The summed E-state index contributed by atoms with van der Waals surface area (Å²) in [7, 11) is 0. The fourth-order valence-electron chi connectivity index (χ4n) is 2.46. The molecule has 0 spiro atoms. The van der Waals surface area contributed by atoms with Crippen molar-refractivity contribution in [2.75, 3.05) is 13.1 Å². The average Bonchev–Trinajstić information content (AvgIpc) is 2.77. The Kier molecular flexibility index (Phi) is 5.46. The molecule has 0 saturated carbocycles. The van der Waals surface area contributed by atoms with E-state index in [0.717, 1.165) is 25.9 Å². The quantitative estimate of drug-likeness (QED) is 0.860. The highest BCUT2D eigenvalue weighted by Gasteiger charge is 2.23. The topological polar surface area (TPSA) is 53.3 Å². The van der Waals surface area contributed by atoms with Crippen molar-refractivity contribution in [3.63, 3.8) is 0 Å². The van der Waals surface area contributed by atoms with E-state index in [1.807, 2.05) is 11.0 Å². The number of amides is 1. The average molecular weight is 307 g/mol. The van der Waals surface area contributed by atoms with Crippen LogP contribution in [-0.2, 0) is 4.79 Å². The van der Waals surface area contributed by atoms with Crippen molar-refractivity contribution in [2.24, 2.45) is 0 Å². The Morgan fingerprint density at radius 2 is 2.00 bits per heavy atom. The molecule has 1 heterocycles. The largest absolute Gasteiger partial charge is 0.479 e. The van der Waals surface area contributed by atoms with Gasteiger partial charge in [0.1, 0.15) is 5.75 Å². The minimum absolute atomic E-state index is 0.00248. The van der Waals surface area contributed by atoms with Gasteiger partial charge >= 0.3 is 0 Å². The van der Waals surface area contributed by atoms with Crippen molar-refractivity contribution in [2.45, 2.75) is 38.7 Å². The second-order valence-corrected chi connectivity index (χ2v) is 5.66. The predicted molar refractivity (Wildman–Crippen MR) is 81.3 cm³/mol. The Morgan fingerprint density at radius 3 is 2.57 bits per heavy atom. The molecule has 0 radical (unpaired) electrons. The molecule has 1 amide bonds. The molecule has 1 aromatic carbocycles. The number of carbonyl (C=O) groups is 1. The monoisotopic (exact) mass is 306 g/mol. The van der Waals surface area contributed by atoms with Crippen LogP contribution in [0.5, 0.6) is 5.75 Å². The van der Waals surface area contributed by atoms with Crippen LogP contribution in [0.2, 0.25) is 5.02 Å². The first-order valence-corrected chi connectivity index (χ1v) is 7.64. The van der Waals surface area contributed by atoms with Crippen molar-refractivity contribution in [3.8, 4) is 11.8 Å². The number of likely N-dealkylation sites (tertiary alicyclic amines) is 1. The summed E-state index contributed by atoms with van der Waals surface area (Å²) in [6.45, 7) is 3.34. The zero-order chi connectivity index (χ0) is 15.2. The Bertz CT molecular complexity index is 546. The third-order valence-corrected chi connectivity index (χ3v) is 3.93. The van der Waals surface area contributed by atoms with Crippen molar-refractivity contribution in [1.29, 1.82) is 5.26 Å². The molecule has 0 N–H and O–H groups in total. The number of halogens is 1. The summed E-state index contributed by atoms with van der Waals surface area (Å²) in [5.74, 6) is 0.434. The molecule has 1 saturated heterocycles. The van der Waals surface area contributed by atoms with Crippen molar-refractivity contribution in [3.05, 3.63) is 28.8 Å². The van der Waals surface area contributed by atoms with Gasteiger partial charge in [-0.1, -0.05) is 24.4 Å². The first kappa shape index (κ1) is 15.7. The van der Waals surface area contributed by atoms with Crippen LogP contribution in [0.1, 0.15) is 38.2 Å². The van der Waals surface area contributed by atoms with Gasteiger partial charge in [-0.15, -0.1) is 0 Å². The van der Waals surface area contributed by atoms with Gasteiger partial charge in [0.05, 0.1) is 16.7 Å². The summed E-state index contributed by atoms with van der Waals surface area (Å²) in [6, 6.07) is 6.82. The molecular weight excluding hydrogens is 288 g/mol. The molecule has 2 rings (SSSR count). The van der Waals surface area contributed by atoms with E-state index in [9.17, 15) is 4.79 Å². The highest BCUT2D eigenvalue weighted by atomic mass is 35.5. The lowest BCUT2D eigenvalue weighted by molar-refractivity contribution is -0.137. The maximum atomic E-state index is 12.4. The third-order valence-electron chi connectivity index (χ3n) is 3.63. The second kappa shape index (κ2) is 7.33. The van der Waals surface area contributed by atoms with Gasteiger partial charge < -0.3 is 9.64 Å². The maximum absolute atomic E-state index is 12.4. The summed E-state index contributed by atoms with van der Waals surface area (Å²) in [6.07, 6.45) is 3.89. The number of carbonyl (C=O) groups excluding carboxylic acids is 1. The second-order valence-electron chi connectivity index (χ2n) is 5.26. The van der Waals surface area contributed by atoms with Gasteiger partial charge in [0, 0.05) is 13.1 Å². The van der Waals surface area contributed by atoms with Gasteiger partial charge in [-0.05, 0) is 38.0 Å². The molecule has 112 valence electrons. The van der Waals surface area contributed by atoms with E-state index < -0.39 is 6.10 Å². The van der Waals surface area contributed by atoms with Crippen LogP contribution in [0.15, 0.2) is 18.2 Å². The van der Waals surface area contributed by atoms with E-state index in [1.54, 1.807) is 25.1 Å². The number of hydrogen-bond acceptors (Lipinski definition) is 3. The Labute approximate surface area is 130 Å². The summed E-state index contributed by atoms with van der Waals surface area (Å²) in [4.78, 5) is 14.3. The fourth-order valence-corrected chi connectivity index (χ4v) is 2.68. The highest BCUT2D eigenvalue weighted by Crippen LogP contribution is 2.26. The van der Waals surface area contributed by atoms with Gasteiger partial charge in [0.2, 0.25) is 0 Å². The molecule has 1 aliphatic rings. The molecule has 1 aliphatic heterocycles. The number of benzene rings is 1. The number of nitriles is 1. The zero-order valence-electron chi connectivity index (χ0n) is 12.1. The van der Waals surface area contributed by atoms with Gasteiger partial charge in [0.25, 0.3) is 5.91 Å². The van der Waals surface area contributed by atoms with Crippen LogP contribution in [0.4, 0.5) is 0 Å². The van der Waals surface area contributed by atoms with E-state index in [-0.39, 0.29) is 5.91 Å². The highest BCUT2D eigenvalue weighted by molar-refractivity contribution is 6.32. The number of rotatable bonds is 3. The summed E-state index contributed by atoms with van der Waals surface area (Å²) < 4.78 is 5.67. The Morgan fingerprint density at radius 1 is 1.33 bits per heavy atom. The van der Waals surface area contributed by atoms with Crippen LogP contribution >= 0.6 is 11.6 Å². The lowest BCUT2D eigenvalue weighted by Gasteiger charge is -2.24. The van der Waals surface area contributed by atoms with Gasteiger partial charge in [-0.3, -0.25) is 4.79 Å². The summed E-state index contributed by atoms with van der Waals surface area (Å²) in [5, 5.41) is 9.16. The first-order chi connectivity index (χ1) is 10.1. The van der Waals surface area contributed by atoms with Crippen LogP contribution in [-0.4, -0.2) is 30.0 Å². The number of ether oxygens (including phenoxy) is 1. The first-order valence-electron chi connectivity index (χ1n) is 7.27. The Balaban J connectivity index is 2.01. The SMILES string of the molecule is CC(Oc1ccc(C#N)cc1Cl)C(=O)N1CCCCCC1. The minimum atomic E-state index is -0.575. The lowest BCUT2D eigenvalue weighted by Crippen LogP contribution is -2.41. The molecule has 0 bridgehead atoms. The number of hydrogen-bond donors (Lipinski definition) is 0. The molecule has 21 heavy (non-hydrogen) atoms. The summed E-state index contributed by atoms with van der Waals surface area (Å²) >= 11 is 6.07. The maximum Gasteiger partial charge on any atom is 0.263 e. The van der Waals surface area contributed by atoms with Crippen molar-refractivity contribution in [1.82, 2.24) is 4.90 Å². The van der Waals surface area contributed by atoms with Crippen molar-refractivity contribution < 1.29 is 9.53 Å². The number of nitrogens with zero attached hydrogens (tertiary/aromatic N) is 2. The molecule has 4 nitrogen and oxygen atoms in total. The summed E-state index contributed by atoms with van der Waals surface area (Å²) in [5.41, 5.74) is 0.471. The van der Waals surface area contributed by atoms with E-state index >= 15 is 0 Å². The lowest BCUT2D eigenvalue weighted by atomic mass is 10.2. The molecule has 0 aliphatic carbocycles. The van der Waals surface area contributed by atoms with Crippen LogP contribution in [0, 0.1) is 11.3 Å². The van der Waals surface area contributed by atoms with Crippen LogP contribution < -0.4 is 4.74 Å². The van der Waals surface area contributed by atoms with E-state index in [4.69, 9.17) is 21.6 Å². The fraction of sp³-hybridized carbons (Fsp3) is 0.500. The molecule has 5 heteroatoms. The standard InChI is InChI=1S/C16H19ClN2O2/c1-12(16(20)19-8-4-2-3-5-9-19)21-15-7-6-13(11-18)10-14(15)17/h6-7,10,12H,2-5,8-9H2,1H3. The van der Waals surface area contributed by atoms with Crippen molar-refractivity contribution >= 4 is 17.5 Å². The van der Waals surface area contributed by atoms with E-state index in [1.165, 1.54) is 12.8 Å². The molecule has 1 fully saturated rings. The molecule has 1 atom stereocenters. The van der Waals surface area contributed by atoms with Gasteiger partial charge in [-0.2, -0.15) is 5.26 Å².